The molecule has 0 atom stereocenters. The molecule has 0 fully saturated rings. The first-order valence-electron chi connectivity index (χ1n) is 5.76. The second-order valence-electron chi connectivity index (χ2n) is 4.12. The van der Waals surface area contributed by atoms with Crippen LogP contribution in [0, 0.1) is 33.1 Å². The van der Waals surface area contributed by atoms with Crippen molar-refractivity contribution in [2.75, 3.05) is 0 Å². The predicted octanol–water partition coefficient (Wildman–Crippen LogP) is 3.32. The van der Waals surface area contributed by atoms with Crippen molar-refractivity contribution in [3.05, 3.63) is 69.3 Å². The van der Waals surface area contributed by atoms with Crippen LogP contribution in [0.5, 0.6) is 5.75 Å². The van der Waals surface area contributed by atoms with Gasteiger partial charge in [-0.25, -0.2) is 8.78 Å². The number of hydrogen-bond acceptors (Lipinski definition) is 4. The molecule has 2 aromatic rings. The molecule has 0 saturated carbocycles. The van der Waals surface area contributed by atoms with Crippen LogP contribution in [0.25, 0.3) is 0 Å². The fourth-order valence-electron chi connectivity index (χ4n) is 1.71. The van der Waals surface area contributed by atoms with E-state index in [0.29, 0.717) is 5.56 Å². The molecule has 5 nitrogen and oxygen atoms in total. The molecule has 0 unspecified atom stereocenters. The summed E-state index contributed by atoms with van der Waals surface area (Å²) in [5.41, 5.74) is -0.0701. The van der Waals surface area contributed by atoms with Crippen LogP contribution >= 0.6 is 0 Å². The number of nitro groups is 1. The molecule has 2 aromatic carbocycles. The Morgan fingerprint density at radius 2 is 1.95 bits per heavy atom. The molecule has 0 spiro atoms. The third-order valence-electron chi connectivity index (χ3n) is 2.60. The van der Waals surface area contributed by atoms with Gasteiger partial charge in [-0.1, -0.05) is 0 Å². The summed E-state index contributed by atoms with van der Waals surface area (Å²) in [6.07, 6.45) is 0. The van der Waals surface area contributed by atoms with Gasteiger partial charge in [0.05, 0.1) is 22.6 Å². The van der Waals surface area contributed by atoms with Gasteiger partial charge >= 0.3 is 5.69 Å². The summed E-state index contributed by atoms with van der Waals surface area (Å²) >= 11 is 0. The zero-order valence-corrected chi connectivity index (χ0v) is 10.5. The third-order valence-corrected chi connectivity index (χ3v) is 2.60. The number of nitriles is 1. The van der Waals surface area contributed by atoms with E-state index >= 15 is 0 Å². The zero-order valence-electron chi connectivity index (χ0n) is 10.5. The van der Waals surface area contributed by atoms with Gasteiger partial charge in [-0.2, -0.15) is 5.26 Å². The zero-order chi connectivity index (χ0) is 15.4. The monoisotopic (exact) mass is 290 g/mol. The van der Waals surface area contributed by atoms with E-state index < -0.39 is 22.2 Å². The molecule has 0 aliphatic rings. The standard InChI is InChI=1S/C14H8F2N2O3/c15-11-1-2-14(13(6-11)18(19)20)21-8-10-3-9(7-17)4-12(16)5-10/h1-6H,8H2. The number of benzene rings is 2. The topological polar surface area (TPSA) is 76.2 Å². The molecular formula is C14H8F2N2O3. The van der Waals surface area contributed by atoms with Gasteiger partial charge in [-0.3, -0.25) is 10.1 Å². The molecule has 0 aromatic heterocycles. The number of nitro benzene ring substituents is 1. The lowest BCUT2D eigenvalue weighted by Gasteiger charge is -2.07. The lowest BCUT2D eigenvalue weighted by Crippen LogP contribution is -2.00. The van der Waals surface area contributed by atoms with Crippen molar-refractivity contribution in [1.82, 2.24) is 0 Å². The van der Waals surface area contributed by atoms with E-state index in [9.17, 15) is 18.9 Å². The smallest absolute Gasteiger partial charge is 0.313 e. The molecule has 0 N–H and O–H groups in total. The maximum Gasteiger partial charge on any atom is 0.313 e. The highest BCUT2D eigenvalue weighted by Crippen LogP contribution is 2.28. The molecule has 106 valence electrons. The minimum atomic E-state index is -0.773. The van der Waals surface area contributed by atoms with Gasteiger partial charge in [-0.15, -0.1) is 0 Å². The minimum Gasteiger partial charge on any atom is -0.482 e. The van der Waals surface area contributed by atoms with Gasteiger partial charge < -0.3 is 4.74 Å². The molecule has 0 saturated heterocycles. The van der Waals surface area contributed by atoms with Crippen LogP contribution in [0.3, 0.4) is 0 Å². The molecular weight excluding hydrogens is 282 g/mol. The molecule has 0 bridgehead atoms. The van der Waals surface area contributed by atoms with Crippen LogP contribution in [0.15, 0.2) is 36.4 Å². The van der Waals surface area contributed by atoms with Gasteiger partial charge in [0.25, 0.3) is 0 Å². The Hall–Kier alpha value is -3.01. The van der Waals surface area contributed by atoms with Gasteiger partial charge in [0, 0.05) is 0 Å². The fourth-order valence-corrected chi connectivity index (χ4v) is 1.71. The summed E-state index contributed by atoms with van der Waals surface area (Å²) in [6, 6.07) is 8.28. The normalized spacial score (nSPS) is 9.95. The van der Waals surface area contributed by atoms with Crippen molar-refractivity contribution >= 4 is 5.69 Å². The molecule has 0 aliphatic heterocycles. The van der Waals surface area contributed by atoms with Crippen LogP contribution in [0.2, 0.25) is 0 Å². The Balaban J connectivity index is 2.23. The number of hydrogen-bond donors (Lipinski definition) is 0. The molecule has 0 amide bonds. The van der Waals surface area contributed by atoms with E-state index in [0.717, 1.165) is 30.3 Å². The van der Waals surface area contributed by atoms with Gasteiger partial charge in [0.2, 0.25) is 0 Å². The van der Waals surface area contributed by atoms with E-state index in [4.69, 9.17) is 10.00 Å². The summed E-state index contributed by atoms with van der Waals surface area (Å²) in [7, 11) is 0. The minimum absolute atomic E-state index is 0.113. The van der Waals surface area contributed by atoms with Crippen molar-refractivity contribution < 1.29 is 18.4 Å². The van der Waals surface area contributed by atoms with Crippen molar-refractivity contribution in [3.63, 3.8) is 0 Å². The Morgan fingerprint density at radius 3 is 2.62 bits per heavy atom. The van der Waals surface area contributed by atoms with Crippen molar-refractivity contribution in [2.24, 2.45) is 0 Å². The van der Waals surface area contributed by atoms with Crippen molar-refractivity contribution in [2.45, 2.75) is 6.61 Å². The van der Waals surface area contributed by atoms with Crippen LogP contribution in [0.4, 0.5) is 14.5 Å². The highest BCUT2D eigenvalue weighted by atomic mass is 19.1. The highest BCUT2D eigenvalue weighted by Gasteiger charge is 2.16. The second-order valence-corrected chi connectivity index (χ2v) is 4.12. The SMILES string of the molecule is N#Cc1cc(F)cc(COc2ccc(F)cc2[N+](=O)[O-])c1. The molecule has 2 rings (SSSR count). The number of rotatable bonds is 4. The summed E-state index contributed by atoms with van der Waals surface area (Å²) in [6.45, 7) is -0.182. The van der Waals surface area contributed by atoms with Crippen molar-refractivity contribution in [3.8, 4) is 11.8 Å². The largest absolute Gasteiger partial charge is 0.482 e. The Morgan fingerprint density at radius 1 is 1.19 bits per heavy atom. The quantitative estimate of drug-likeness (QED) is 0.639. The highest BCUT2D eigenvalue weighted by molar-refractivity contribution is 5.46. The third kappa shape index (κ3) is 3.51. The predicted molar refractivity (Wildman–Crippen MR) is 68.5 cm³/mol. The van der Waals surface area contributed by atoms with Crippen molar-refractivity contribution in [1.29, 1.82) is 5.26 Å². The number of nitrogens with zero attached hydrogens (tertiary/aromatic N) is 2. The maximum absolute atomic E-state index is 13.2. The Bertz CT molecular complexity index is 741. The first kappa shape index (κ1) is 14.4. The van der Waals surface area contributed by atoms with Crippen LogP contribution < -0.4 is 4.74 Å². The first-order valence-corrected chi connectivity index (χ1v) is 5.76. The van der Waals surface area contributed by atoms with Crippen LogP contribution in [0.1, 0.15) is 11.1 Å². The first-order chi connectivity index (χ1) is 9.99. The molecule has 0 aliphatic carbocycles. The summed E-state index contributed by atoms with van der Waals surface area (Å²) in [5, 5.41) is 19.5. The molecule has 7 heteroatoms. The van der Waals surface area contributed by atoms with Gasteiger partial charge in [0.1, 0.15) is 18.2 Å². The van der Waals surface area contributed by atoms with Crippen LogP contribution in [-0.4, -0.2) is 4.92 Å². The van der Waals surface area contributed by atoms with Crippen LogP contribution in [-0.2, 0) is 6.61 Å². The van der Waals surface area contributed by atoms with E-state index in [2.05, 4.69) is 0 Å². The number of halogens is 2. The fraction of sp³-hybridized carbons (Fsp3) is 0.0714. The maximum atomic E-state index is 13.2. The second kappa shape index (κ2) is 5.96. The number of ether oxygens (including phenoxy) is 1. The summed E-state index contributed by atoms with van der Waals surface area (Å²) in [4.78, 5) is 10.0. The van der Waals surface area contributed by atoms with E-state index in [1.807, 2.05) is 0 Å². The average molecular weight is 290 g/mol. The average Bonchev–Trinajstić information content (AvgIpc) is 2.45. The molecule has 0 heterocycles. The summed E-state index contributed by atoms with van der Waals surface area (Å²) < 4.78 is 31.4. The molecule has 0 radical (unpaired) electrons. The van der Waals surface area contributed by atoms with E-state index in [-0.39, 0.29) is 17.9 Å². The Kier molecular flexibility index (Phi) is 4.09. The van der Waals surface area contributed by atoms with Gasteiger partial charge in [-0.05, 0) is 35.9 Å². The Labute approximate surface area is 118 Å². The lowest BCUT2D eigenvalue weighted by atomic mass is 10.1. The van der Waals surface area contributed by atoms with E-state index in [1.165, 1.54) is 6.07 Å². The molecule has 21 heavy (non-hydrogen) atoms. The van der Waals surface area contributed by atoms with Gasteiger partial charge in [0.15, 0.2) is 5.75 Å². The summed E-state index contributed by atoms with van der Waals surface area (Å²) in [5.74, 6) is -1.50. The lowest BCUT2D eigenvalue weighted by molar-refractivity contribution is -0.386. The van der Waals surface area contributed by atoms with E-state index in [1.54, 1.807) is 6.07 Å².